The van der Waals surface area contributed by atoms with Crippen LogP contribution in [0.5, 0.6) is 0 Å². The summed E-state index contributed by atoms with van der Waals surface area (Å²) in [7, 11) is 0. The molecule has 9 heteroatoms. The molecule has 27 heavy (non-hydrogen) atoms. The molecule has 0 spiro atoms. The quantitative estimate of drug-likeness (QED) is 0.409. The lowest BCUT2D eigenvalue weighted by molar-refractivity contribution is -0.136. The summed E-state index contributed by atoms with van der Waals surface area (Å²) >= 11 is 5.05. The molecule has 2 heterocycles. The van der Waals surface area contributed by atoms with Crippen molar-refractivity contribution in [3.8, 4) is 6.07 Å². The smallest absolute Gasteiger partial charge is 0.292 e. The number of nitriles is 1. The highest BCUT2D eigenvalue weighted by Crippen LogP contribution is 2.14. The van der Waals surface area contributed by atoms with Crippen molar-refractivity contribution < 1.29 is 9.59 Å². The highest BCUT2D eigenvalue weighted by molar-refractivity contribution is 7.80. The van der Waals surface area contributed by atoms with Crippen LogP contribution in [0, 0.1) is 11.3 Å². The van der Waals surface area contributed by atoms with E-state index in [1.165, 1.54) is 6.08 Å². The standard InChI is InChI=1S/C18H22N6O2S/c1-2-15(25)18(26)22-17(27)9-14(20)12-23-5-7-24(8-6-23)16-4-3-13(10-19)11-21-16/h3-4,9,11H,2,5-8,12,20H2,1H3,(H,22,26,27)/b14-9-. The first-order chi connectivity index (χ1) is 12.9. The van der Waals surface area contributed by atoms with Crippen molar-refractivity contribution in [1.82, 2.24) is 15.2 Å². The van der Waals surface area contributed by atoms with Crippen LogP contribution >= 0.6 is 12.2 Å². The van der Waals surface area contributed by atoms with Crippen molar-refractivity contribution in [2.24, 2.45) is 5.73 Å². The number of amides is 1. The number of nitrogens with one attached hydrogen (secondary N) is 1. The number of carbonyl (C=O) groups excluding carboxylic acids is 2. The van der Waals surface area contributed by atoms with Crippen LogP contribution in [0.15, 0.2) is 30.1 Å². The first-order valence-corrected chi connectivity index (χ1v) is 9.01. The maximum Gasteiger partial charge on any atom is 0.292 e. The third-order valence-corrected chi connectivity index (χ3v) is 4.33. The maximum absolute atomic E-state index is 11.5. The van der Waals surface area contributed by atoms with Gasteiger partial charge >= 0.3 is 0 Å². The molecule has 142 valence electrons. The molecule has 0 radical (unpaired) electrons. The molecule has 1 saturated heterocycles. The molecule has 1 amide bonds. The normalized spacial score (nSPS) is 15.1. The number of hydrogen-bond donors (Lipinski definition) is 2. The van der Waals surface area contributed by atoms with Gasteiger partial charge in [0.05, 0.1) is 5.56 Å². The van der Waals surface area contributed by atoms with E-state index in [1.54, 1.807) is 19.2 Å². The van der Waals surface area contributed by atoms with E-state index in [0.29, 0.717) is 17.8 Å². The summed E-state index contributed by atoms with van der Waals surface area (Å²) in [6.07, 6.45) is 3.21. The average Bonchev–Trinajstić information content (AvgIpc) is 2.67. The molecule has 0 saturated carbocycles. The number of hydrogen-bond acceptors (Lipinski definition) is 8. The van der Waals surface area contributed by atoms with Crippen molar-refractivity contribution >= 4 is 34.7 Å². The van der Waals surface area contributed by atoms with E-state index in [-0.39, 0.29) is 11.4 Å². The van der Waals surface area contributed by atoms with Crippen LogP contribution in [-0.2, 0) is 9.59 Å². The van der Waals surface area contributed by atoms with Crippen molar-refractivity contribution in [3.05, 3.63) is 35.7 Å². The second-order valence-corrected chi connectivity index (χ2v) is 6.53. The van der Waals surface area contributed by atoms with Crippen molar-refractivity contribution in [2.45, 2.75) is 13.3 Å². The van der Waals surface area contributed by atoms with E-state index in [1.807, 2.05) is 6.07 Å². The molecule has 2 rings (SSSR count). The Morgan fingerprint density at radius 1 is 1.37 bits per heavy atom. The minimum atomic E-state index is -0.713. The van der Waals surface area contributed by atoms with Gasteiger partial charge in [-0.15, -0.1) is 0 Å². The van der Waals surface area contributed by atoms with Gasteiger partial charge in [-0.25, -0.2) is 4.98 Å². The Kier molecular flexibility index (Phi) is 7.40. The number of piperazine rings is 1. The van der Waals surface area contributed by atoms with Crippen molar-refractivity contribution in [3.63, 3.8) is 0 Å². The lowest BCUT2D eigenvalue weighted by atomic mass is 10.2. The van der Waals surface area contributed by atoms with Crippen LogP contribution < -0.4 is 16.0 Å². The zero-order chi connectivity index (χ0) is 19.8. The Morgan fingerprint density at radius 3 is 2.63 bits per heavy atom. The molecule has 1 aliphatic heterocycles. The number of carbonyl (C=O) groups is 2. The van der Waals surface area contributed by atoms with Crippen LogP contribution in [0.3, 0.4) is 0 Å². The first-order valence-electron chi connectivity index (χ1n) is 8.60. The summed E-state index contributed by atoms with van der Waals surface area (Å²) in [6, 6.07) is 5.66. The lowest BCUT2D eigenvalue weighted by Crippen LogP contribution is -2.47. The Morgan fingerprint density at radius 2 is 2.07 bits per heavy atom. The van der Waals surface area contributed by atoms with Crippen LogP contribution in [-0.4, -0.2) is 59.3 Å². The molecule has 8 nitrogen and oxygen atoms in total. The van der Waals surface area contributed by atoms with Gasteiger partial charge in [-0.1, -0.05) is 19.1 Å². The summed E-state index contributed by atoms with van der Waals surface area (Å²) in [5, 5.41) is 11.2. The van der Waals surface area contributed by atoms with Gasteiger partial charge in [-0.05, 0) is 18.2 Å². The van der Waals surface area contributed by atoms with Crippen LogP contribution in [0.2, 0.25) is 0 Å². The SMILES string of the molecule is CCC(=O)C(=O)NC(=S)/C=C(\N)CN1CCN(c2ccc(C#N)cn2)CC1. The summed E-state index contributed by atoms with van der Waals surface area (Å²) in [5.74, 6) is -0.381. The number of nitrogens with zero attached hydrogens (tertiary/aromatic N) is 4. The van der Waals surface area contributed by atoms with E-state index in [2.05, 4.69) is 26.2 Å². The van der Waals surface area contributed by atoms with Crippen molar-refractivity contribution in [2.75, 3.05) is 37.6 Å². The average molecular weight is 386 g/mol. The van der Waals surface area contributed by atoms with Gasteiger partial charge < -0.3 is 16.0 Å². The van der Waals surface area contributed by atoms with Crippen LogP contribution in [0.1, 0.15) is 18.9 Å². The van der Waals surface area contributed by atoms with Gasteiger partial charge in [0.2, 0.25) is 5.78 Å². The largest absolute Gasteiger partial charge is 0.401 e. The fraction of sp³-hybridized carbons (Fsp3) is 0.389. The third-order valence-electron chi connectivity index (χ3n) is 4.11. The van der Waals surface area contributed by atoms with E-state index < -0.39 is 11.7 Å². The van der Waals surface area contributed by atoms with E-state index in [4.69, 9.17) is 23.2 Å². The van der Waals surface area contributed by atoms with Gasteiger partial charge in [0.25, 0.3) is 5.91 Å². The number of rotatable bonds is 6. The number of thiocarbonyl (C=S) groups is 1. The van der Waals surface area contributed by atoms with Gasteiger partial charge in [0.15, 0.2) is 0 Å². The van der Waals surface area contributed by atoms with Gasteiger partial charge in [-0.2, -0.15) is 5.26 Å². The number of aromatic nitrogens is 1. The molecule has 3 N–H and O–H groups in total. The second-order valence-electron chi connectivity index (χ2n) is 6.09. The molecule has 0 bridgehead atoms. The zero-order valence-corrected chi connectivity index (χ0v) is 16.0. The number of Topliss-reactive ketones (excluding diaryl/α,β-unsaturated/α-hetero) is 1. The first kappa shape index (κ1) is 20.5. The molecule has 1 aromatic heterocycles. The second kappa shape index (κ2) is 9.75. The Labute approximate surface area is 163 Å². The Bertz CT molecular complexity index is 776. The topological polar surface area (TPSA) is 115 Å². The van der Waals surface area contributed by atoms with Crippen molar-refractivity contribution in [1.29, 1.82) is 5.26 Å². The number of ketones is 1. The fourth-order valence-corrected chi connectivity index (χ4v) is 2.87. The summed E-state index contributed by atoms with van der Waals surface area (Å²) in [5.41, 5.74) is 7.07. The van der Waals surface area contributed by atoms with Gasteiger partial charge in [0, 0.05) is 51.0 Å². The third kappa shape index (κ3) is 6.13. The maximum atomic E-state index is 11.5. The summed E-state index contributed by atoms with van der Waals surface area (Å²) in [6.45, 7) is 5.30. The molecule has 1 aliphatic rings. The molecule has 0 unspecified atom stereocenters. The van der Waals surface area contributed by atoms with Gasteiger partial charge in [-0.3, -0.25) is 14.5 Å². The summed E-state index contributed by atoms with van der Waals surface area (Å²) in [4.78, 5) is 31.6. The minimum Gasteiger partial charge on any atom is -0.401 e. The monoisotopic (exact) mass is 386 g/mol. The predicted molar refractivity (Wildman–Crippen MR) is 106 cm³/mol. The lowest BCUT2D eigenvalue weighted by Gasteiger charge is -2.35. The highest BCUT2D eigenvalue weighted by Gasteiger charge is 2.18. The minimum absolute atomic E-state index is 0.131. The number of nitrogens with two attached hydrogens (primary N) is 1. The number of anilines is 1. The fourth-order valence-electron chi connectivity index (χ4n) is 2.62. The van der Waals surface area contributed by atoms with E-state index in [0.717, 1.165) is 32.0 Å². The number of pyridine rings is 1. The molecular weight excluding hydrogens is 364 g/mol. The van der Waals surface area contributed by atoms with Crippen LogP contribution in [0.25, 0.3) is 0 Å². The van der Waals surface area contributed by atoms with E-state index >= 15 is 0 Å². The summed E-state index contributed by atoms with van der Waals surface area (Å²) < 4.78 is 0. The molecule has 0 atom stereocenters. The molecule has 0 aliphatic carbocycles. The Balaban J connectivity index is 1.82. The zero-order valence-electron chi connectivity index (χ0n) is 15.1. The Hall–Kier alpha value is -2.83. The van der Waals surface area contributed by atoms with Crippen LogP contribution in [0.4, 0.5) is 5.82 Å². The molecule has 1 fully saturated rings. The van der Waals surface area contributed by atoms with Gasteiger partial charge in [0.1, 0.15) is 16.9 Å². The molecular formula is C18H22N6O2S. The van der Waals surface area contributed by atoms with E-state index in [9.17, 15) is 9.59 Å². The molecule has 0 aromatic carbocycles. The highest BCUT2D eigenvalue weighted by atomic mass is 32.1. The molecule has 1 aromatic rings. The predicted octanol–water partition coefficient (Wildman–Crippen LogP) is 0.341.